The van der Waals surface area contributed by atoms with E-state index < -0.39 is 0 Å². The molecule has 0 aromatic carbocycles. The van der Waals surface area contributed by atoms with Crippen molar-refractivity contribution in [2.24, 2.45) is 11.5 Å². The van der Waals surface area contributed by atoms with Crippen LogP contribution in [0.5, 0.6) is 0 Å². The van der Waals surface area contributed by atoms with E-state index in [1.165, 1.54) is 12.3 Å². The van der Waals surface area contributed by atoms with Crippen molar-refractivity contribution in [1.29, 1.82) is 10.8 Å². The highest BCUT2D eigenvalue weighted by Crippen LogP contribution is 1.99. The number of amidine groups is 2. The number of rotatable bonds is 2. The van der Waals surface area contributed by atoms with E-state index in [-0.39, 0.29) is 11.7 Å². The zero-order valence-electron chi connectivity index (χ0n) is 6.33. The average Bonchev–Trinajstić information content (AvgIpc) is 2.04. The Morgan fingerprint density at radius 1 is 1.25 bits per heavy atom. The molecule has 5 heteroatoms. The molecule has 5 nitrogen and oxygen atoms in total. The molecule has 12 heavy (non-hydrogen) atoms. The van der Waals surface area contributed by atoms with Crippen LogP contribution in [0.25, 0.3) is 0 Å². The molecule has 6 N–H and O–H groups in total. The Balaban J connectivity index is 3.12. The smallest absolute Gasteiger partial charge is 0.141 e. The van der Waals surface area contributed by atoms with Gasteiger partial charge in [0.05, 0.1) is 0 Å². The quantitative estimate of drug-likeness (QED) is 0.353. The summed E-state index contributed by atoms with van der Waals surface area (Å²) in [7, 11) is 0. The van der Waals surface area contributed by atoms with Crippen LogP contribution in [0.3, 0.4) is 0 Å². The van der Waals surface area contributed by atoms with Gasteiger partial charge in [0, 0.05) is 11.8 Å². The highest BCUT2D eigenvalue weighted by atomic mass is 14.8. The van der Waals surface area contributed by atoms with E-state index in [2.05, 4.69) is 4.98 Å². The maximum absolute atomic E-state index is 7.11. The molecule has 62 valence electrons. The second-order valence-electron chi connectivity index (χ2n) is 2.26. The van der Waals surface area contributed by atoms with Crippen molar-refractivity contribution < 1.29 is 0 Å². The lowest BCUT2D eigenvalue weighted by atomic mass is 10.2. The summed E-state index contributed by atoms with van der Waals surface area (Å²) < 4.78 is 0. The van der Waals surface area contributed by atoms with E-state index in [1.54, 1.807) is 6.07 Å². The summed E-state index contributed by atoms with van der Waals surface area (Å²) in [5.41, 5.74) is 11.3. The second kappa shape index (κ2) is 3.00. The summed E-state index contributed by atoms with van der Waals surface area (Å²) in [6.45, 7) is 0. The molecule has 0 unspecified atom stereocenters. The third-order valence-electron chi connectivity index (χ3n) is 1.35. The first kappa shape index (κ1) is 8.19. The minimum absolute atomic E-state index is 0.0556. The number of nitrogens with two attached hydrogens (primary N) is 2. The molecular formula is C7H9N5. The van der Waals surface area contributed by atoms with E-state index in [9.17, 15) is 0 Å². The molecule has 0 aliphatic heterocycles. The Bertz CT molecular complexity index is 301. The second-order valence-corrected chi connectivity index (χ2v) is 2.26. The van der Waals surface area contributed by atoms with Gasteiger partial charge in [0.25, 0.3) is 0 Å². The van der Waals surface area contributed by atoms with Gasteiger partial charge in [-0.1, -0.05) is 0 Å². The molecule has 0 amide bonds. The number of hydrogen-bond donors (Lipinski definition) is 4. The lowest BCUT2D eigenvalue weighted by Crippen LogP contribution is -2.16. The predicted octanol–water partition coefficient (Wildman–Crippen LogP) is -0.350. The van der Waals surface area contributed by atoms with Crippen LogP contribution in [0, 0.1) is 10.8 Å². The Morgan fingerprint density at radius 3 is 2.42 bits per heavy atom. The van der Waals surface area contributed by atoms with E-state index in [0.717, 1.165) is 0 Å². The standard InChI is InChI=1S/C7H9N5/c8-6(9)4-1-2-12-5(3-4)7(10)11/h1-3H,(H3,8,9)(H3,10,11). The van der Waals surface area contributed by atoms with Gasteiger partial charge in [-0.3, -0.25) is 15.8 Å². The van der Waals surface area contributed by atoms with Crippen molar-refractivity contribution in [2.45, 2.75) is 0 Å². The molecule has 0 saturated heterocycles. The molecule has 0 fully saturated rings. The van der Waals surface area contributed by atoms with E-state index in [0.29, 0.717) is 11.3 Å². The molecule has 0 radical (unpaired) electrons. The van der Waals surface area contributed by atoms with Crippen molar-refractivity contribution in [3.63, 3.8) is 0 Å². The van der Waals surface area contributed by atoms with Gasteiger partial charge < -0.3 is 11.5 Å². The van der Waals surface area contributed by atoms with E-state index in [4.69, 9.17) is 22.3 Å². The minimum atomic E-state index is -0.127. The van der Waals surface area contributed by atoms with Crippen molar-refractivity contribution in [2.75, 3.05) is 0 Å². The first-order valence-electron chi connectivity index (χ1n) is 3.26. The lowest BCUT2D eigenvalue weighted by Gasteiger charge is -2.00. The van der Waals surface area contributed by atoms with Gasteiger partial charge in [0.1, 0.15) is 17.4 Å². The lowest BCUT2D eigenvalue weighted by molar-refractivity contribution is 1.24. The number of hydrogen-bond acceptors (Lipinski definition) is 3. The highest BCUT2D eigenvalue weighted by molar-refractivity contribution is 5.99. The summed E-state index contributed by atoms with van der Waals surface area (Å²) in [6, 6.07) is 3.10. The Kier molecular flexibility index (Phi) is 2.05. The van der Waals surface area contributed by atoms with Crippen LogP contribution in [0.1, 0.15) is 11.3 Å². The Labute approximate surface area is 69.4 Å². The fourth-order valence-electron chi connectivity index (χ4n) is 0.745. The molecule has 0 atom stereocenters. The van der Waals surface area contributed by atoms with Crippen LogP contribution in [0.15, 0.2) is 18.3 Å². The normalized spacial score (nSPS) is 9.33. The molecule has 0 saturated carbocycles. The van der Waals surface area contributed by atoms with Crippen molar-refractivity contribution in [3.05, 3.63) is 29.6 Å². The number of nitrogens with one attached hydrogen (secondary N) is 2. The molecular weight excluding hydrogens is 154 g/mol. The van der Waals surface area contributed by atoms with Crippen molar-refractivity contribution in [1.82, 2.24) is 4.98 Å². The van der Waals surface area contributed by atoms with Crippen molar-refractivity contribution in [3.8, 4) is 0 Å². The van der Waals surface area contributed by atoms with Gasteiger partial charge in [-0.2, -0.15) is 0 Å². The van der Waals surface area contributed by atoms with Gasteiger partial charge >= 0.3 is 0 Å². The molecule has 0 aliphatic carbocycles. The van der Waals surface area contributed by atoms with Gasteiger partial charge in [0.2, 0.25) is 0 Å². The summed E-state index contributed by atoms with van der Waals surface area (Å²) in [6.07, 6.45) is 1.47. The zero-order chi connectivity index (χ0) is 9.14. The third-order valence-corrected chi connectivity index (χ3v) is 1.35. The molecule has 1 rings (SSSR count). The molecule has 1 heterocycles. The molecule has 0 bridgehead atoms. The number of aromatic nitrogens is 1. The van der Waals surface area contributed by atoms with Gasteiger partial charge in [-0.15, -0.1) is 0 Å². The topological polar surface area (TPSA) is 113 Å². The fraction of sp³-hybridized carbons (Fsp3) is 0. The average molecular weight is 163 g/mol. The van der Waals surface area contributed by atoms with E-state index in [1.807, 2.05) is 0 Å². The van der Waals surface area contributed by atoms with Crippen LogP contribution < -0.4 is 11.5 Å². The summed E-state index contributed by atoms with van der Waals surface area (Å²) >= 11 is 0. The van der Waals surface area contributed by atoms with Crippen LogP contribution in [0.4, 0.5) is 0 Å². The maximum atomic E-state index is 7.11. The molecule has 1 aromatic heterocycles. The van der Waals surface area contributed by atoms with Gasteiger partial charge in [0.15, 0.2) is 0 Å². The number of nitrogen functional groups attached to an aromatic ring is 2. The molecule has 0 spiro atoms. The largest absolute Gasteiger partial charge is 0.384 e. The van der Waals surface area contributed by atoms with Crippen molar-refractivity contribution >= 4 is 11.7 Å². The Hall–Kier alpha value is -1.91. The predicted molar refractivity (Wildman–Crippen MR) is 46.3 cm³/mol. The molecule has 1 aromatic rings. The first-order chi connectivity index (χ1) is 5.61. The first-order valence-corrected chi connectivity index (χ1v) is 3.26. The SMILES string of the molecule is N=C(N)c1ccnc(C(=N)N)c1. The van der Waals surface area contributed by atoms with Crippen LogP contribution in [-0.2, 0) is 0 Å². The summed E-state index contributed by atoms with van der Waals surface area (Å²) in [4.78, 5) is 3.82. The maximum Gasteiger partial charge on any atom is 0.141 e. The van der Waals surface area contributed by atoms with Crippen LogP contribution >= 0.6 is 0 Å². The third kappa shape index (κ3) is 1.57. The minimum Gasteiger partial charge on any atom is -0.384 e. The Morgan fingerprint density at radius 2 is 1.92 bits per heavy atom. The molecule has 0 aliphatic rings. The van der Waals surface area contributed by atoms with E-state index >= 15 is 0 Å². The highest BCUT2D eigenvalue weighted by Gasteiger charge is 2.00. The van der Waals surface area contributed by atoms with Crippen LogP contribution in [-0.4, -0.2) is 16.7 Å². The summed E-state index contributed by atoms with van der Waals surface area (Å²) in [5, 5.41) is 14.2. The summed E-state index contributed by atoms with van der Waals surface area (Å²) in [5.74, 6) is -0.182. The number of pyridine rings is 1. The monoisotopic (exact) mass is 163 g/mol. The van der Waals surface area contributed by atoms with Gasteiger partial charge in [-0.25, -0.2) is 0 Å². The number of nitrogens with zero attached hydrogens (tertiary/aromatic N) is 1. The fourth-order valence-corrected chi connectivity index (χ4v) is 0.745. The zero-order valence-corrected chi connectivity index (χ0v) is 6.33. The van der Waals surface area contributed by atoms with Gasteiger partial charge in [-0.05, 0) is 12.1 Å². The van der Waals surface area contributed by atoms with Crippen LogP contribution in [0.2, 0.25) is 0 Å².